The molecule has 68 valence electrons. The van der Waals surface area contributed by atoms with E-state index in [4.69, 9.17) is 4.42 Å². The predicted octanol–water partition coefficient (Wildman–Crippen LogP) is 2.30. The summed E-state index contributed by atoms with van der Waals surface area (Å²) in [5, 5.41) is 2.86. The van der Waals surface area contributed by atoms with Gasteiger partial charge in [0.05, 0.1) is 6.20 Å². The van der Waals surface area contributed by atoms with Crippen molar-refractivity contribution in [3.63, 3.8) is 0 Å². The van der Waals surface area contributed by atoms with E-state index in [0.717, 1.165) is 18.6 Å². The van der Waals surface area contributed by atoms with Crippen molar-refractivity contribution in [1.82, 2.24) is 4.98 Å². The lowest BCUT2D eigenvalue weighted by molar-refractivity contribution is 0.482. The van der Waals surface area contributed by atoms with Crippen molar-refractivity contribution in [2.24, 2.45) is 5.92 Å². The van der Waals surface area contributed by atoms with Crippen LogP contribution in [0.25, 0.3) is 0 Å². The minimum atomic E-state index is 0.605. The second-order valence-electron chi connectivity index (χ2n) is 3.31. The Balaban J connectivity index is 2.41. The molecule has 1 heterocycles. The first kappa shape index (κ1) is 9.10. The average Bonchev–Trinajstić information content (AvgIpc) is 2.48. The molecule has 1 rings (SSSR count). The molecule has 0 aliphatic carbocycles. The van der Waals surface area contributed by atoms with Crippen LogP contribution in [0.15, 0.2) is 10.6 Å². The minimum Gasteiger partial charge on any atom is -0.429 e. The van der Waals surface area contributed by atoms with E-state index >= 15 is 0 Å². The Kier molecular flexibility index (Phi) is 3.14. The molecule has 0 fully saturated rings. The van der Waals surface area contributed by atoms with E-state index in [2.05, 4.69) is 24.1 Å². The fourth-order valence-electron chi connectivity index (χ4n) is 0.970. The lowest BCUT2D eigenvalue weighted by Gasteiger charge is -1.99. The summed E-state index contributed by atoms with van der Waals surface area (Å²) in [7, 11) is 1.80. The monoisotopic (exact) mass is 168 g/mol. The highest BCUT2D eigenvalue weighted by Gasteiger charge is 2.02. The van der Waals surface area contributed by atoms with Crippen LogP contribution >= 0.6 is 0 Å². The van der Waals surface area contributed by atoms with Crippen LogP contribution in [0.3, 0.4) is 0 Å². The van der Waals surface area contributed by atoms with E-state index in [1.807, 2.05) is 0 Å². The van der Waals surface area contributed by atoms with Gasteiger partial charge in [0.2, 0.25) is 0 Å². The maximum absolute atomic E-state index is 5.36. The Hall–Kier alpha value is -0.990. The smallest absolute Gasteiger partial charge is 0.294 e. The van der Waals surface area contributed by atoms with Crippen molar-refractivity contribution in [2.75, 3.05) is 12.4 Å². The molecular formula is C9H16N2O. The molecule has 3 nitrogen and oxygen atoms in total. The fraction of sp³-hybridized carbons (Fsp3) is 0.667. The molecule has 12 heavy (non-hydrogen) atoms. The van der Waals surface area contributed by atoms with E-state index in [-0.39, 0.29) is 0 Å². The van der Waals surface area contributed by atoms with Gasteiger partial charge in [-0.05, 0) is 12.3 Å². The molecule has 1 aromatic rings. The van der Waals surface area contributed by atoms with E-state index in [1.54, 1.807) is 13.2 Å². The van der Waals surface area contributed by atoms with E-state index in [9.17, 15) is 0 Å². The second-order valence-corrected chi connectivity index (χ2v) is 3.31. The standard InChI is InChI=1S/C9H16N2O/c1-7(2)4-5-8-6-11-9(10-3)12-8/h6-7H,4-5H2,1-3H3,(H,10,11). The van der Waals surface area contributed by atoms with Crippen LogP contribution in [-0.4, -0.2) is 12.0 Å². The quantitative estimate of drug-likeness (QED) is 0.749. The van der Waals surface area contributed by atoms with Gasteiger partial charge in [0.1, 0.15) is 5.76 Å². The largest absolute Gasteiger partial charge is 0.429 e. The first-order valence-corrected chi connectivity index (χ1v) is 4.35. The van der Waals surface area contributed by atoms with Crippen LogP contribution < -0.4 is 5.32 Å². The third-order valence-corrected chi connectivity index (χ3v) is 1.74. The molecule has 0 radical (unpaired) electrons. The van der Waals surface area contributed by atoms with Gasteiger partial charge >= 0.3 is 0 Å². The normalized spacial score (nSPS) is 10.7. The van der Waals surface area contributed by atoms with Crippen LogP contribution in [-0.2, 0) is 6.42 Å². The number of oxazole rings is 1. The Morgan fingerprint density at radius 1 is 1.58 bits per heavy atom. The summed E-state index contributed by atoms with van der Waals surface area (Å²) < 4.78 is 5.36. The minimum absolute atomic E-state index is 0.605. The maximum Gasteiger partial charge on any atom is 0.294 e. The molecule has 0 aromatic carbocycles. The van der Waals surface area contributed by atoms with Crippen LogP contribution in [0.4, 0.5) is 6.01 Å². The van der Waals surface area contributed by atoms with Crippen molar-refractivity contribution in [3.05, 3.63) is 12.0 Å². The van der Waals surface area contributed by atoms with Gasteiger partial charge in [-0.2, -0.15) is 0 Å². The van der Waals surface area contributed by atoms with Crippen molar-refractivity contribution >= 4 is 6.01 Å². The van der Waals surface area contributed by atoms with Gasteiger partial charge < -0.3 is 9.73 Å². The molecule has 0 saturated heterocycles. The highest BCUT2D eigenvalue weighted by Crippen LogP contribution is 2.12. The molecule has 3 heteroatoms. The molecule has 0 aliphatic heterocycles. The van der Waals surface area contributed by atoms with Crippen molar-refractivity contribution in [3.8, 4) is 0 Å². The van der Waals surface area contributed by atoms with Crippen molar-refractivity contribution in [2.45, 2.75) is 26.7 Å². The summed E-state index contributed by atoms with van der Waals surface area (Å²) in [6.45, 7) is 4.41. The van der Waals surface area contributed by atoms with Crippen LogP contribution in [0.5, 0.6) is 0 Å². The summed E-state index contributed by atoms with van der Waals surface area (Å²) >= 11 is 0. The molecule has 1 aromatic heterocycles. The summed E-state index contributed by atoms with van der Waals surface area (Å²) in [6, 6.07) is 0.605. The zero-order chi connectivity index (χ0) is 8.97. The summed E-state index contributed by atoms with van der Waals surface area (Å²) in [5.41, 5.74) is 0. The number of nitrogens with zero attached hydrogens (tertiary/aromatic N) is 1. The Bertz CT molecular complexity index is 230. The number of nitrogens with one attached hydrogen (secondary N) is 1. The zero-order valence-electron chi connectivity index (χ0n) is 7.92. The fourth-order valence-corrected chi connectivity index (χ4v) is 0.970. The van der Waals surface area contributed by atoms with Crippen molar-refractivity contribution in [1.29, 1.82) is 0 Å². The first-order chi connectivity index (χ1) is 5.72. The molecule has 0 saturated carbocycles. The third kappa shape index (κ3) is 2.57. The average molecular weight is 168 g/mol. The topological polar surface area (TPSA) is 38.1 Å². The molecule has 0 aliphatic rings. The maximum atomic E-state index is 5.36. The highest BCUT2D eigenvalue weighted by atomic mass is 16.4. The number of aryl methyl sites for hydroxylation is 1. The van der Waals surface area contributed by atoms with E-state index in [1.165, 1.54) is 0 Å². The van der Waals surface area contributed by atoms with Crippen LogP contribution in [0, 0.1) is 5.92 Å². The number of aromatic nitrogens is 1. The van der Waals surface area contributed by atoms with E-state index in [0.29, 0.717) is 11.9 Å². The second kappa shape index (κ2) is 4.14. The number of hydrogen-bond donors (Lipinski definition) is 1. The molecule has 1 N–H and O–H groups in total. The lowest BCUT2D eigenvalue weighted by atomic mass is 10.1. The zero-order valence-corrected chi connectivity index (χ0v) is 7.92. The van der Waals surface area contributed by atoms with Gasteiger partial charge in [0, 0.05) is 13.5 Å². The molecule has 0 spiro atoms. The summed E-state index contributed by atoms with van der Waals surface area (Å²) in [6.07, 6.45) is 3.92. The highest BCUT2D eigenvalue weighted by molar-refractivity contribution is 5.18. The van der Waals surface area contributed by atoms with Gasteiger partial charge in [-0.3, -0.25) is 0 Å². The SMILES string of the molecule is CNc1ncc(CCC(C)C)o1. The predicted molar refractivity (Wildman–Crippen MR) is 49.2 cm³/mol. The molecular weight excluding hydrogens is 152 g/mol. The van der Waals surface area contributed by atoms with Gasteiger partial charge in [-0.15, -0.1) is 0 Å². The van der Waals surface area contributed by atoms with E-state index < -0.39 is 0 Å². The molecule has 0 amide bonds. The van der Waals surface area contributed by atoms with Crippen molar-refractivity contribution < 1.29 is 4.42 Å². The summed E-state index contributed by atoms with van der Waals surface area (Å²) in [4.78, 5) is 4.03. The number of hydrogen-bond acceptors (Lipinski definition) is 3. The molecule has 0 atom stereocenters. The van der Waals surface area contributed by atoms with Gasteiger partial charge in [-0.25, -0.2) is 4.98 Å². The van der Waals surface area contributed by atoms with Gasteiger partial charge in [-0.1, -0.05) is 13.8 Å². The van der Waals surface area contributed by atoms with Gasteiger partial charge in [0.25, 0.3) is 6.01 Å². The van der Waals surface area contributed by atoms with Crippen LogP contribution in [0.2, 0.25) is 0 Å². The van der Waals surface area contributed by atoms with Gasteiger partial charge in [0.15, 0.2) is 0 Å². The Labute approximate surface area is 73.2 Å². The summed E-state index contributed by atoms with van der Waals surface area (Å²) in [5.74, 6) is 1.68. The third-order valence-electron chi connectivity index (χ3n) is 1.74. The Morgan fingerprint density at radius 3 is 2.83 bits per heavy atom. The van der Waals surface area contributed by atoms with Crippen LogP contribution in [0.1, 0.15) is 26.0 Å². The molecule has 0 bridgehead atoms. The molecule has 0 unspecified atom stereocenters. The number of rotatable bonds is 4. The Morgan fingerprint density at radius 2 is 2.33 bits per heavy atom. The first-order valence-electron chi connectivity index (χ1n) is 4.35. The lowest BCUT2D eigenvalue weighted by Crippen LogP contribution is -1.90. The number of anilines is 1.